The molecular formula is C76H134O6. The van der Waals surface area contributed by atoms with Crippen LogP contribution in [0, 0.1) is 0 Å². The summed E-state index contributed by atoms with van der Waals surface area (Å²) in [5, 5.41) is 0. The van der Waals surface area contributed by atoms with Gasteiger partial charge in [-0.15, -0.1) is 0 Å². The lowest BCUT2D eigenvalue weighted by molar-refractivity contribution is -0.167. The molecule has 0 aromatic carbocycles. The maximum Gasteiger partial charge on any atom is 0.306 e. The highest BCUT2D eigenvalue weighted by Crippen LogP contribution is 2.17. The molecule has 0 aliphatic rings. The number of esters is 3. The lowest BCUT2D eigenvalue weighted by Gasteiger charge is -2.18. The lowest BCUT2D eigenvalue weighted by Crippen LogP contribution is -2.30. The van der Waals surface area contributed by atoms with Gasteiger partial charge in [0.15, 0.2) is 6.10 Å². The van der Waals surface area contributed by atoms with Crippen molar-refractivity contribution in [2.45, 2.75) is 367 Å². The van der Waals surface area contributed by atoms with E-state index in [1.54, 1.807) is 0 Å². The van der Waals surface area contributed by atoms with Crippen molar-refractivity contribution >= 4 is 17.9 Å². The summed E-state index contributed by atoms with van der Waals surface area (Å²) in [6.45, 7) is 6.55. The molecule has 0 aromatic rings. The summed E-state index contributed by atoms with van der Waals surface area (Å²) in [5.74, 6) is -0.873. The van der Waals surface area contributed by atoms with E-state index in [2.05, 4.69) is 106 Å². The molecule has 0 fully saturated rings. The highest BCUT2D eigenvalue weighted by atomic mass is 16.6. The van der Waals surface area contributed by atoms with Crippen molar-refractivity contribution in [3.8, 4) is 0 Å². The quantitative estimate of drug-likeness (QED) is 0.0261. The van der Waals surface area contributed by atoms with E-state index in [9.17, 15) is 14.4 Å². The van der Waals surface area contributed by atoms with E-state index in [-0.39, 0.29) is 31.1 Å². The van der Waals surface area contributed by atoms with Crippen LogP contribution >= 0.6 is 0 Å². The third-order valence-electron chi connectivity index (χ3n) is 15.6. The van der Waals surface area contributed by atoms with Crippen molar-refractivity contribution in [3.63, 3.8) is 0 Å². The molecule has 1 unspecified atom stereocenters. The van der Waals surface area contributed by atoms with Crippen LogP contribution in [0.4, 0.5) is 0 Å². The maximum absolute atomic E-state index is 13.0. The van der Waals surface area contributed by atoms with E-state index < -0.39 is 6.10 Å². The second kappa shape index (κ2) is 70.1. The predicted molar refractivity (Wildman–Crippen MR) is 358 cm³/mol. The Labute approximate surface area is 509 Å². The minimum absolute atomic E-state index is 0.0788. The Morgan fingerprint density at radius 3 is 0.756 bits per heavy atom. The molecule has 474 valence electrons. The van der Waals surface area contributed by atoms with E-state index >= 15 is 0 Å². The van der Waals surface area contributed by atoms with Crippen LogP contribution in [0.2, 0.25) is 0 Å². The van der Waals surface area contributed by atoms with Crippen LogP contribution in [0.3, 0.4) is 0 Å². The molecule has 0 amide bonds. The largest absolute Gasteiger partial charge is 0.462 e. The Morgan fingerprint density at radius 2 is 0.476 bits per heavy atom. The van der Waals surface area contributed by atoms with Crippen LogP contribution in [0.1, 0.15) is 361 Å². The molecular weight excluding hydrogens is 1010 g/mol. The standard InChI is InChI=1S/C76H134O6/c1-4-7-10-13-16-19-22-25-28-31-33-35-37-38-40-41-43-45-48-51-54-57-60-63-66-69-75(78)81-72-73(71-80-74(77)68-65-62-59-56-53-50-47-30-27-24-21-18-15-12-9-6-3)82-76(79)70-67-64-61-58-55-52-49-46-44-42-39-36-34-32-29-26-23-20-17-14-11-8-5-2/h8,11,17,20,22,25-26,29-31,33-34,36,47,73H,4-7,9-10,12-16,18-19,21,23-24,27-28,32,35,37-46,48-72H2,1-3H3/b11-8-,20-17-,25-22-,29-26-,33-31-,36-34-,47-30-. The van der Waals surface area contributed by atoms with E-state index in [1.165, 1.54) is 225 Å². The van der Waals surface area contributed by atoms with Crippen LogP contribution in [0.25, 0.3) is 0 Å². The SMILES string of the molecule is CC/C=C\C/C=C\C/C=C\C/C=C\CCCCCCCCCCCCC(=O)OC(COC(=O)CCCCCCC/C=C\CCCCCCCCC)COC(=O)CCCCCCCCCCCCCCC/C=C\C/C=C\CCCCCCC. The number of carbonyl (C=O) groups excluding carboxylic acids is 3. The molecule has 0 bridgehead atoms. The fourth-order valence-corrected chi connectivity index (χ4v) is 10.3. The van der Waals surface area contributed by atoms with Crippen molar-refractivity contribution in [2.24, 2.45) is 0 Å². The van der Waals surface area contributed by atoms with Crippen LogP contribution in [0.5, 0.6) is 0 Å². The van der Waals surface area contributed by atoms with Crippen molar-refractivity contribution in [2.75, 3.05) is 13.2 Å². The first-order chi connectivity index (χ1) is 40.5. The second-order valence-corrected chi connectivity index (χ2v) is 23.8. The first kappa shape index (κ1) is 78.6. The number of hydrogen-bond acceptors (Lipinski definition) is 6. The van der Waals surface area contributed by atoms with E-state index in [4.69, 9.17) is 14.2 Å². The van der Waals surface area contributed by atoms with Gasteiger partial charge in [-0.25, -0.2) is 0 Å². The summed E-state index contributed by atoms with van der Waals surface area (Å²) in [6.07, 6.45) is 93.2. The molecule has 0 saturated heterocycles. The molecule has 0 heterocycles. The minimum atomic E-state index is -0.785. The first-order valence-electron chi connectivity index (χ1n) is 35.6. The van der Waals surface area contributed by atoms with Crippen molar-refractivity contribution in [3.05, 3.63) is 85.1 Å². The topological polar surface area (TPSA) is 78.9 Å². The van der Waals surface area contributed by atoms with Gasteiger partial charge in [0.05, 0.1) is 0 Å². The Balaban J connectivity index is 4.34. The number of ether oxygens (including phenoxy) is 3. The molecule has 0 aromatic heterocycles. The molecule has 0 spiro atoms. The molecule has 0 N–H and O–H groups in total. The molecule has 0 aliphatic heterocycles. The normalized spacial score (nSPS) is 12.6. The molecule has 0 saturated carbocycles. The third kappa shape index (κ3) is 67.4. The van der Waals surface area contributed by atoms with Gasteiger partial charge < -0.3 is 14.2 Å². The molecule has 6 heteroatoms. The molecule has 6 nitrogen and oxygen atoms in total. The van der Waals surface area contributed by atoms with Gasteiger partial charge in [-0.3, -0.25) is 14.4 Å². The molecule has 0 radical (unpaired) electrons. The fourth-order valence-electron chi connectivity index (χ4n) is 10.3. The molecule has 0 rings (SSSR count). The zero-order chi connectivity index (χ0) is 59.2. The summed E-state index contributed by atoms with van der Waals surface area (Å²) in [4.78, 5) is 38.5. The van der Waals surface area contributed by atoms with Crippen molar-refractivity contribution in [1.82, 2.24) is 0 Å². The lowest BCUT2D eigenvalue weighted by atomic mass is 10.0. The average molecular weight is 1140 g/mol. The van der Waals surface area contributed by atoms with E-state index in [0.29, 0.717) is 19.3 Å². The van der Waals surface area contributed by atoms with Gasteiger partial charge in [-0.2, -0.15) is 0 Å². The highest BCUT2D eigenvalue weighted by molar-refractivity contribution is 5.71. The number of hydrogen-bond donors (Lipinski definition) is 0. The Bertz CT molecular complexity index is 1550. The molecule has 0 aliphatic carbocycles. The highest BCUT2D eigenvalue weighted by Gasteiger charge is 2.19. The van der Waals surface area contributed by atoms with Gasteiger partial charge in [-0.05, 0) is 116 Å². The monoisotopic (exact) mass is 1140 g/mol. The second-order valence-electron chi connectivity index (χ2n) is 23.8. The summed E-state index contributed by atoms with van der Waals surface area (Å²) < 4.78 is 17.0. The van der Waals surface area contributed by atoms with Crippen LogP contribution < -0.4 is 0 Å². The average Bonchev–Trinajstić information content (AvgIpc) is 3.47. The summed E-state index contributed by atoms with van der Waals surface area (Å²) in [5.41, 5.74) is 0. The third-order valence-corrected chi connectivity index (χ3v) is 15.6. The minimum Gasteiger partial charge on any atom is -0.462 e. The summed E-state index contributed by atoms with van der Waals surface area (Å²) >= 11 is 0. The zero-order valence-electron chi connectivity index (χ0n) is 54.5. The fraction of sp³-hybridized carbons (Fsp3) is 0.776. The number of unbranched alkanes of at least 4 members (excludes halogenated alkanes) is 40. The molecule has 82 heavy (non-hydrogen) atoms. The van der Waals surface area contributed by atoms with Crippen molar-refractivity contribution in [1.29, 1.82) is 0 Å². The van der Waals surface area contributed by atoms with Gasteiger partial charge >= 0.3 is 17.9 Å². The van der Waals surface area contributed by atoms with Gasteiger partial charge in [-0.1, -0.05) is 311 Å². The van der Waals surface area contributed by atoms with Gasteiger partial charge in [0.2, 0.25) is 0 Å². The molecule has 1 atom stereocenters. The Hall–Kier alpha value is -3.41. The van der Waals surface area contributed by atoms with E-state index in [0.717, 1.165) is 96.3 Å². The van der Waals surface area contributed by atoms with Gasteiger partial charge in [0, 0.05) is 19.3 Å². The number of carbonyl (C=O) groups is 3. The summed E-state index contributed by atoms with van der Waals surface area (Å²) in [7, 11) is 0. The first-order valence-corrected chi connectivity index (χ1v) is 35.6. The Morgan fingerprint density at radius 1 is 0.256 bits per heavy atom. The number of allylic oxidation sites excluding steroid dienone is 14. The van der Waals surface area contributed by atoms with Crippen LogP contribution in [0.15, 0.2) is 85.1 Å². The van der Waals surface area contributed by atoms with E-state index in [1.807, 2.05) is 0 Å². The van der Waals surface area contributed by atoms with Gasteiger partial charge in [0.1, 0.15) is 13.2 Å². The maximum atomic E-state index is 13.0. The smallest absolute Gasteiger partial charge is 0.306 e. The Kier molecular flexibility index (Phi) is 67.2. The van der Waals surface area contributed by atoms with Gasteiger partial charge in [0.25, 0.3) is 0 Å². The van der Waals surface area contributed by atoms with Crippen molar-refractivity contribution < 1.29 is 28.6 Å². The number of rotatable bonds is 65. The van der Waals surface area contributed by atoms with Crippen LogP contribution in [-0.4, -0.2) is 37.2 Å². The summed E-state index contributed by atoms with van der Waals surface area (Å²) in [6, 6.07) is 0. The zero-order valence-corrected chi connectivity index (χ0v) is 54.5. The van der Waals surface area contributed by atoms with Crippen LogP contribution in [-0.2, 0) is 28.6 Å². The predicted octanol–water partition coefficient (Wildman–Crippen LogP) is 24.6.